The largest absolute Gasteiger partial charge is 0.469 e. The summed E-state index contributed by atoms with van der Waals surface area (Å²) < 4.78 is 4.86. The second kappa shape index (κ2) is 11.0. The van der Waals surface area contributed by atoms with Gasteiger partial charge >= 0.3 is 12.0 Å². The molecule has 2 aliphatic heterocycles. The molecule has 3 aromatic rings. The number of fused-ring (bicyclic) bond motifs is 1. The first kappa shape index (κ1) is 24.1. The molecular formula is C30H33N3O3. The van der Waals surface area contributed by atoms with Crippen LogP contribution in [-0.2, 0) is 16.1 Å². The lowest BCUT2D eigenvalue weighted by Gasteiger charge is -2.48. The Hall–Kier alpha value is -3.64. The normalized spacial score (nSPS) is 18.7. The van der Waals surface area contributed by atoms with Crippen molar-refractivity contribution >= 4 is 17.7 Å². The van der Waals surface area contributed by atoms with Crippen molar-refractivity contribution in [3.8, 4) is 0 Å². The number of benzene rings is 3. The zero-order valence-electron chi connectivity index (χ0n) is 20.8. The van der Waals surface area contributed by atoms with Gasteiger partial charge < -0.3 is 9.64 Å². The number of methoxy groups -OCH3 is 1. The van der Waals surface area contributed by atoms with Gasteiger partial charge in [0.05, 0.1) is 25.3 Å². The predicted octanol–water partition coefficient (Wildman–Crippen LogP) is 5.25. The molecule has 0 N–H and O–H groups in total. The first-order valence-corrected chi connectivity index (χ1v) is 12.7. The van der Waals surface area contributed by atoms with Gasteiger partial charge in [-0.1, -0.05) is 78.9 Å². The first-order chi connectivity index (χ1) is 17.7. The molecule has 0 spiro atoms. The van der Waals surface area contributed by atoms with Crippen LogP contribution in [0.5, 0.6) is 0 Å². The van der Waals surface area contributed by atoms with Crippen LogP contribution in [0.15, 0.2) is 84.9 Å². The number of carbonyl (C=O) groups excluding carboxylic acids is 2. The van der Waals surface area contributed by atoms with Gasteiger partial charge in [0.25, 0.3) is 0 Å². The summed E-state index contributed by atoms with van der Waals surface area (Å²) >= 11 is 0. The third-order valence-electron chi connectivity index (χ3n) is 7.33. The van der Waals surface area contributed by atoms with Crippen LogP contribution in [0.2, 0.25) is 0 Å². The van der Waals surface area contributed by atoms with Crippen molar-refractivity contribution in [2.75, 3.05) is 31.6 Å². The summed E-state index contributed by atoms with van der Waals surface area (Å²) in [6, 6.07) is 28.9. The molecule has 0 bridgehead atoms. The molecule has 2 aliphatic rings. The Bertz CT molecular complexity index is 1180. The fourth-order valence-electron chi connectivity index (χ4n) is 5.53. The molecule has 0 aliphatic carbocycles. The molecule has 186 valence electrons. The molecule has 6 nitrogen and oxygen atoms in total. The summed E-state index contributed by atoms with van der Waals surface area (Å²) in [6.45, 7) is 3.11. The molecule has 1 unspecified atom stereocenters. The highest BCUT2D eigenvalue weighted by atomic mass is 16.5. The first-order valence-electron chi connectivity index (χ1n) is 12.7. The highest BCUT2D eigenvalue weighted by Gasteiger charge is 2.42. The zero-order chi connectivity index (χ0) is 24.9. The molecule has 1 saturated heterocycles. The maximum atomic E-state index is 14.1. The maximum absolute atomic E-state index is 14.1. The van der Waals surface area contributed by atoms with Crippen LogP contribution in [0.4, 0.5) is 10.5 Å². The van der Waals surface area contributed by atoms with E-state index in [0.29, 0.717) is 6.54 Å². The standard InChI is InChI=1S/C30H33N3O3/c1-36-28(34)18-21-32-27-15-9-8-14-26(27)29(24-12-6-3-7-13-24)33(30(32)35)25-16-19-31(20-17-25)22-23-10-4-2-5-11-23/h2-15,25,29H,16-22H2,1H3. The van der Waals surface area contributed by atoms with Gasteiger partial charge in [0.1, 0.15) is 0 Å². The van der Waals surface area contributed by atoms with Crippen LogP contribution >= 0.6 is 0 Å². The van der Waals surface area contributed by atoms with Crippen molar-refractivity contribution in [3.63, 3.8) is 0 Å². The van der Waals surface area contributed by atoms with Crippen LogP contribution in [0.1, 0.15) is 42.0 Å². The highest BCUT2D eigenvalue weighted by molar-refractivity contribution is 5.96. The number of rotatable bonds is 7. The monoisotopic (exact) mass is 483 g/mol. The number of urea groups is 1. The van der Waals surface area contributed by atoms with E-state index in [1.165, 1.54) is 12.7 Å². The average molecular weight is 484 g/mol. The summed E-state index contributed by atoms with van der Waals surface area (Å²) in [4.78, 5) is 32.4. The lowest BCUT2D eigenvalue weighted by molar-refractivity contribution is -0.140. The molecule has 0 aromatic heterocycles. The quantitative estimate of drug-likeness (QED) is 0.431. The number of hydrogen-bond acceptors (Lipinski definition) is 4. The van der Waals surface area contributed by atoms with Crippen LogP contribution in [-0.4, -0.2) is 54.6 Å². The summed E-state index contributed by atoms with van der Waals surface area (Å²) in [5.41, 5.74) is 4.39. The Kier molecular flexibility index (Phi) is 7.33. The molecule has 2 amide bonds. The van der Waals surface area contributed by atoms with Gasteiger partial charge in [0.15, 0.2) is 0 Å². The number of anilines is 1. The lowest BCUT2D eigenvalue weighted by Crippen LogP contribution is -2.56. The minimum Gasteiger partial charge on any atom is -0.469 e. The van der Waals surface area contributed by atoms with Crippen LogP contribution in [0.3, 0.4) is 0 Å². The maximum Gasteiger partial charge on any atom is 0.325 e. The molecule has 5 rings (SSSR count). The lowest BCUT2D eigenvalue weighted by atomic mass is 9.89. The second-order valence-corrected chi connectivity index (χ2v) is 9.53. The minimum atomic E-state index is -0.314. The third kappa shape index (κ3) is 5.00. The minimum absolute atomic E-state index is 0.0343. The summed E-state index contributed by atoms with van der Waals surface area (Å²) in [5, 5.41) is 0. The number of piperidine rings is 1. The highest BCUT2D eigenvalue weighted by Crippen LogP contribution is 2.43. The molecule has 1 atom stereocenters. The zero-order valence-corrected chi connectivity index (χ0v) is 20.8. The fourth-order valence-corrected chi connectivity index (χ4v) is 5.53. The molecule has 1 fully saturated rings. The van der Waals surface area contributed by atoms with Gasteiger partial charge in [-0.25, -0.2) is 4.79 Å². The third-order valence-corrected chi connectivity index (χ3v) is 7.33. The number of hydrogen-bond donors (Lipinski definition) is 0. The van der Waals surface area contributed by atoms with E-state index in [1.54, 1.807) is 4.90 Å². The van der Waals surface area contributed by atoms with E-state index in [-0.39, 0.29) is 30.5 Å². The Balaban J connectivity index is 1.44. The fraction of sp³-hybridized carbons (Fsp3) is 0.333. The molecule has 3 aromatic carbocycles. The van der Waals surface area contributed by atoms with Gasteiger partial charge in [-0.15, -0.1) is 0 Å². The van der Waals surface area contributed by atoms with E-state index in [0.717, 1.165) is 49.3 Å². The Morgan fingerprint density at radius 1 is 0.889 bits per heavy atom. The Labute approximate surface area is 213 Å². The van der Waals surface area contributed by atoms with E-state index in [9.17, 15) is 9.59 Å². The molecule has 0 radical (unpaired) electrons. The Morgan fingerprint density at radius 2 is 1.53 bits per heavy atom. The number of para-hydroxylation sites is 1. The molecular weight excluding hydrogens is 450 g/mol. The van der Waals surface area contributed by atoms with Crippen LogP contribution < -0.4 is 4.90 Å². The number of carbonyl (C=O) groups is 2. The van der Waals surface area contributed by atoms with E-state index in [1.807, 2.05) is 42.5 Å². The molecule has 36 heavy (non-hydrogen) atoms. The smallest absolute Gasteiger partial charge is 0.325 e. The van der Waals surface area contributed by atoms with E-state index in [2.05, 4.69) is 52.3 Å². The van der Waals surface area contributed by atoms with Crippen molar-refractivity contribution in [3.05, 3.63) is 102 Å². The SMILES string of the molecule is COC(=O)CCN1C(=O)N(C2CCN(Cc3ccccc3)CC2)C(c2ccccc2)c2ccccc21. The molecule has 0 saturated carbocycles. The predicted molar refractivity (Wildman–Crippen MR) is 141 cm³/mol. The van der Waals surface area contributed by atoms with Gasteiger partial charge in [0, 0.05) is 37.8 Å². The molecule has 6 heteroatoms. The van der Waals surface area contributed by atoms with Crippen molar-refractivity contribution in [1.82, 2.24) is 9.80 Å². The van der Waals surface area contributed by atoms with Crippen molar-refractivity contribution < 1.29 is 14.3 Å². The van der Waals surface area contributed by atoms with E-state index in [4.69, 9.17) is 4.74 Å². The second-order valence-electron chi connectivity index (χ2n) is 9.53. The van der Waals surface area contributed by atoms with Crippen LogP contribution in [0, 0.1) is 0 Å². The van der Waals surface area contributed by atoms with Gasteiger partial charge in [-0.2, -0.15) is 0 Å². The summed E-state index contributed by atoms with van der Waals surface area (Å²) in [7, 11) is 1.38. The van der Waals surface area contributed by atoms with E-state index < -0.39 is 0 Å². The van der Waals surface area contributed by atoms with Gasteiger partial charge in [-0.3, -0.25) is 14.6 Å². The van der Waals surface area contributed by atoms with Crippen molar-refractivity contribution in [2.24, 2.45) is 0 Å². The van der Waals surface area contributed by atoms with Crippen LogP contribution in [0.25, 0.3) is 0 Å². The molecule has 2 heterocycles. The summed E-state index contributed by atoms with van der Waals surface area (Å²) in [6.07, 6.45) is 1.99. The topological polar surface area (TPSA) is 53.1 Å². The number of ether oxygens (including phenoxy) is 1. The van der Waals surface area contributed by atoms with Gasteiger partial charge in [0.2, 0.25) is 0 Å². The van der Waals surface area contributed by atoms with Crippen molar-refractivity contribution in [2.45, 2.75) is 37.9 Å². The number of likely N-dealkylation sites (tertiary alicyclic amines) is 1. The Morgan fingerprint density at radius 3 is 2.22 bits per heavy atom. The van der Waals surface area contributed by atoms with Crippen molar-refractivity contribution in [1.29, 1.82) is 0 Å². The van der Waals surface area contributed by atoms with E-state index >= 15 is 0 Å². The number of nitrogens with zero attached hydrogens (tertiary/aromatic N) is 3. The number of esters is 1. The summed E-state index contributed by atoms with van der Waals surface area (Å²) in [5.74, 6) is -0.314. The number of amides is 2. The van der Waals surface area contributed by atoms with Gasteiger partial charge in [-0.05, 0) is 30.0 Å². The average Bonchev–Trinajstić information content (AvgIpc) is 2.93.